The van der Waals surface area contributed by atoms with Crippen molar-refractivity contribution in [3.63, 3.8) is 0 Å². The zero-order valence-electron chi connectivity index (χ0n) is 4.82. The lowest BCUT2D eigenvalue weighted by Crippen LogP contribution is -2.13. The van der Waals surface area contributed by atoms with E-state index in [2.05, 4.69) is 33.4 Å². The van der Waals surface area contributed by atoms with Gasteiger partial charge in [-0.3, -0.25) is 0 Å². The summed E-state index contributed by atoms with van der Waals surface area (Å²) in [7, 11) is 0. The maximum absolute atomic E-state index is 3.46. The predicted molar refractivity (Wildman–Crippen MR) is 41.5 cm³/mol. The van der Waals surface area contributed by atoms with Gasteiger partial charge in [-0.1, -0.05) is 22.0 Å². The number of nitrogens with one attached hydrogen (secondary N) is 1. The Bertz CT molecular complexity index is 230. The van der Waals surface area contributed by atoms with Gasteiger partial charge in [-0.15, -0.1) is 0 Å². The van der Waals surface area contributed by atoms with E-state index in [-0.39, 0.29) is 0 Å². The molecule has 2 rings (SSSR count). The summed E-state index contributed by atoms with van der Waals surface area (Å²) in [6.07, 6.45) is 0. The predicted octanol–water partition coefficient (Wildman–Crippen LogP) is 2.37. The van der Waals surface area contributed by atoms with Crippen LogP contribution in [0.25, 0.3) is 0 Å². The molecule has 1 heterocycles. The van der Waals surface area contributed by atoms with Crippen LogP contribution in [0.1, 0.15) is 5.56 Å². The summed E-state index contributed by atoms with van der Waals surface area (Å²) in [5.41, 5.74) is 2.67. The van der Waals surface area contributed by atoms with Gasteiger partial charge in [0.05, 0.1) is 0 Å². The average molecular weight is 184 g/mol. The highest BCUT2D eigenvalue weighted by atomic mass is 79.9. The first-order valence-corrected chi connectivity index (χ1v) is 3.68. The number of fused-ring (bicyclic) bond motifs is 1. The molecule has 0 amide bonds. The van der Waals surface area contributed by atoms with Gasteiger partial charge in [-0.05, 0) is 12.1 Å². The summed E-state index contributed by atoms with van der Waals surface area (Å²) in [6.45, 7) is 1.01. The number of hydrogen-bond acceptors (Lipinski definition) is 1. The van der Waals surface area contributed by atoms with Gasteiger partial charge in [-0.25, -0.2) is 0 Å². The highest BCUT2D eigenvalue weighted by molar-refractivity contribution is 9.10. The molecule has 1 aromatic carbocycles. The van der Waals surface area contributed by atoms with Gasteiger partial charge in [0.25, 0.3) is 0 Å². The van der Waals surface area contributed by atoms with Crippen molar-refractivity contribution in [1.82, 2.24) is 0 Å². The minimum atomic E-state index is 1.01. The summed E-state index contributed by atoms with van der Waals surface area (Å²) in [4.78, 5) is 0. The van der Waals surface area contributed by atoms with Crippen LogP contribution < -0.4 is 5.32 Å². The largest absolute Gasteiger partial charge is 0.381 e. The van der Waals surface area contributed by atoms with E-state index in [0.717, 1.165) is 6.54 Å². The van der Waals surface area contributed by atoms with Crippen LogP contribution in [0.15, 0.2) is 22.7 Å². The summed E-state index contributed by atoms with van der Waals surface area (Å²) in [6, 6.07) is 6.19. The van der Waals surface area contributed by atoms with E-state index < -0.39 is 0 Å². The summed E-state index contributed by atoms with van der Waals surface area (Å²) in [5, 5.41) is 3.20. The minimum Gasteiger partial charge on any atom is -0.381 e. The van der Waals surface area contributed by atoms with Crippen LogP contribution in [0, 0.1) is 0 Å². The van der Waals surface area contributed by atoms with Crippen LogP contribution in [-0.4, -0.2) is 0 Å². The van der Waals surface area contributed by atoms with Crippen molar-refractivity contribution in [2.75, 3.05) is 5.32 Å². The summed E-state index contributed by atoms with van der Waals surface area (Å²) >= 11 is 3.46. The highest BCUT2D eigenvalue weighted by Crippen LogP contribution is 2.31. The van der Waals surface area contributed by atoms with Crippen molar-refractivity contribution >= 4 is 21.6 Å². The van der Waals surface area contributed by atoms with Gasteiger partial charge in [0.15, 0.2) is 0 Å². The number of rotatable bonds is 0. The van der Waals surface area contributed by atoms with Crippen molar-refractivity contribution in [3.05, 3.63) is 28.2 Å². The SMILES string of the molecule is Brc1cccc2c1CN2. The number of hydrogen-bond donors (Lipinski definition) is 1. The fourth-order valence-electron chi connectivity index (χ4n) is 0.981. The molecule has 1 aliphatic heterocycles. The highest BCUT2D eigenvalue weighted by Gasteiger charge is 2.12. The molecule has 1 N–H and O–H groups in total. The van der Waals surface area contributed by atoms with E-state index >= 15 is 0 Å². The zero-order chi connectivity index (χ0) is 6.27. The van der Waals surface area contributed by atoms with Crippen LogP contribution >= 0.6 is 15.9 Å². The second-order valence-corrected chi connectivity index (χ2v) is 2.97. The van der Waals surface area contributed by atoms with Gasteiger partial charge in [-0.2, -0.15) is 0 Å². The van der Waals surface area contributed by atoms with Gasteiger partial charge in [0, 0.05) is 22.3 Å². The van der Waals surface area contributed by atoms with E-state index in [1.165, 1.54) is 15.7 Å². The molecule has 0 aliphatic carbocycles. The molecule has 0 saturated carbocycles. The Labute approximate surface area is 62.2 Å². The maximum Gasteiger partial charge on any atom is 0.0432 e. The average Bonchev–Trinajstić information content (AvgIpc) is 1.74. The first-order chi connectivity index (χ1) is 4.38. The molecule has 1 aliphatic rings. The molecular formula is C7H6BrN. The van der Waals surface area contributed by atoms with Crippen molar-refractivity contribution in [1.29, 1.82) is 0 Å². The van der Waals surface area contributed by atoms with Crippen LogP contribution in [-0.2, 0) is 6.54 Å². The molecule has 46 valence electrons. The zero-order valence-corrected chi connectivity index (χ0v) is 6.40. The number of benzene rings is 1. The summed E-state index contributed by atoms with van der Waals surface area (Å²) in [5.74, 6) is 0. The Morgan fingerprint density at radius 2 is 2.33 bits per heavy atom. The standard InChI is InChI=1S/C7H6BrN/c8-6-2-1-3-7-5(6)4-9-7/h1-3,9H,4H2. The van der Waals surface area contributed by atoms with E-state index in [4.69, 9.17) is 0 Å². The van der Waals surface area contributed by atoms with Gasteiger partial charge >= 0.3 is 0 Å². The maximum atomic E-state index is 3.46. The lowest BCUT2D eigenvalue weighted by Gasteiger charge is -2.22. The molecule has 0 radical (unpaired) electrons. The van der Waals surface area contributed by atoms with Crippen molar-refractivity contribution in [2.45, 2.75) is 6.54 Å². The molecule has 0 bridgehead atoms. The van der Waals surface area contributed by atoms with Gasteiger partial charge in [0.1, 0.15) is 0 Å². The molecule has 1 nitrogen and oxygen atoms in total. The van der Waals surface area contributed by atoms with E-state index in [1.54, 1.807) is 0 Å². The third-order valence-corrected chi connectivity index (χ3v) is 2.32. The van der Waals surface area contributed by atoms with Crippen LogP contribution in [0.5, 0.6) is 0 Å². The smallest absolute Gasteiger partial charge is 0.0432 e. The van der Waals surface area contributed by atoms with Crippen molar-refractivity contribution < 1.29 is 0 Å². The van der Waals surface area contributed by atoms with Crippen molar-refractivity contribution in [3.8, 4) is 0 Å². The van der Waals surface area contributed by atoms with Gasteiger partial charge < -0.3 is 5.32 Å². The molecule has 1 aromatic rings. The second kappa shape index (κ2) is 1.74. The number of halogens is 1. The topological polar surface area (TPSA) is 12.0 Å². The lowest BCUT2D eigenvalue weighted by atomic mass is 10.1. The molecule has 2 heteroatoms. The molecule has 0 fully saturated rings. The molecule has 0 atom stereocenters. The Balaban J connectivity index is 2.64. The molecule has 0 spiro atoms. The molecule has 0 saturated heterocycles. The van der Waals surface area contributed by atoms with Crippen LogP contribution in [0.3, 0.4) is 0 Å². The van der Waals surface area contributed by atoms with E-state index in [9.17, 15) is 0 Å². The third kappa shape index (κ3) is 0.663. The molecule has 0 unspecified atom stereocenters. The Hall–Kier alpha value is -0.500. The van der Waals surface area contributed by atoms with Gasteiger partial charge in [0.2, 0.25) is 0 Å². The molecule has 0 aromatic heterocycles. The van der Waals surface area contributed by atoms with Crippen molar-refractivity contribution in [2.24, 2.45) is 0 Å². The first kappa shape index (κ1) is 5.30. The fourth-order valence-corrected chi connectivity index (χ4v) is 1.49. The quantitative estimate of drug-likeness (QED) is 0.652. The number of anilines is 1. The lowest BCUT2D eigenvalue weighted by molar-refractivity contribution is 1.04. The third-order valence-electron chi connectivity index (χ3n) is 1.57. The fraction of sp³-hybridized carbons (Fsp3) is 0.143. The summed E-state index contributed by atoms with van der Waals surface area (Å²) < 4.78 is 1.22. The van der Waals surface area contributed by atoms with E-state index in [0.29, 0.717) is 0 Å². The van der Waals surface area contributed by atoms with E-state index in [1.807, 2.05) is 6.07 Å². The molecule has 9 heavy (non-hydrogen) atoms. The van der Waals surface area contributed by atoms with Crippen LogP contribution in [0.4, 0.5) is 5.69 Å². The minimum absolute atomic E-state index is 1.01. The Morgan fingerprint density at radius 1 is 1.44 bits per heavy atom. The molecular weight excluding hydrogens is 178 g/mol. The Kier molecular flexibility index (Phi) is 1.02. The van der Waals surface area contributed by atoms with Crippen LogP contribution in [0.2, 0.25) is 0 Å². The normalized spacial score (nSPS) is 13.4. The monoisotopic (exact) mass is 183 g/mol. The second-order valence-electron chi connectivity index (χ2n) is 2.12. The first-order valence-electron chi connectivity index (χ1n) is 2.89. The Morgan fingerprint density at radius 3 is 2.78 bits per heavy atom.